The predicted molar refractivity (Wildman–Crippen MR) is 103 cm³/mol. The quantitative estimate of drug-likeness (QED) is 0.603. The second-order valence-corrected chi connectivity index (χ2v) is 6.31. The molecule has 27 heavy (non-hydrogen) atoms. The molecule has 0 amide bonds. The molecule has 0 bridgehead atoms. The van der Waals surface area contributed by atoms with Crippen molar-refractivity contribution in [1.29, 1.82) is 0 Å². The Kier molecular flexibility index (Phi) is 4.19. The highest BCUT2D eigenvalue weighted by atomic mass is 19.1. The van der Waals surface area contributed by atoms with Gasteiger partial charge in [-0.2, -0.15) is 5.10 Å². The Morgan fingerprint density at radius 3 is 2.67 bits per heavy atom. The van der Waals surface area contributed by atoms with Crippen molar-refractivity contribution < 1.29 is 4.39 Å². The highest BCUT2D eigenvalue weighted by molar-refractivity contribution is 5.78. The number of imidazole rings is 1. The van der Waals surface area contributed by atoms with Crippen LogP contribution in [-0.4, -0.2) is 19.3 Å². The fraction of sp³-hybridized carbons (Fsp3) is 0.150. The van der Waals surface area contributed by atoms with Gasteiger partial charge in [-0.3, -0.25) is 9.36 Å². The summed E-state index contributed by atoms with van der Waals surface area (Å²) in [5.74, 6) is 0.357. The molecule has 0 unspecified atom stereocenters. The summed E-state index contributed by atoms with van der Waals surface area (Å²) < 4.78 is 17.1. The second-order valence-electron chi connectivity index (χ2n) is 6.31. The Bertz CT molecular complexity index is 1170. The van der Waals surface area contributed by atoms with Crippen LogP contribution in [0.2, 0.25) is 0 Å². The van der Waals surface area contributed by atoms with E-state index in [1.165, 1.54) is 16.8 Å². The fourth-order valence-electron chi connectivity index (χ4n) is 3.12. The molecule has 1 N–H and O–H groups in total. The van der Waals surface area contributed by atoms with Crippen molar-refractivity contribution in [2.45, 2.75) is 13.0 Å². The summed E-state index contributed by atoms with van der Waals surface area (Å²) in [6, 6.07) is 15.5. The summed E-state index contributed by atoms with van der Waals surface area (Å²) in [6.45, 7) is 1.91. The van der Waals surface area contributed by atoms with Gasteiger partial charge in [0.05, 0.1) is 17.1 Å². The SMILES string of the molecule is C[C@H](Nc1ccnn(C)c1=O)c1nc2ccc(F)cc2n1-c1ccccc1. The van der Waals surface area contributed by atoms with E-state index in [0.717, 1.165) is 5.69 Å². The van der Waals surface area contributed by atoms with Crippen LogP contribution in [0.15, 0.2) is 65.6 Å². The van der Waals surface area contributed by atoms with Crippen LogP contribution in [0, 0.1) is 5.82 Å². The van der Waals surface area contributed by atoms with Crippen LogP contribution >= 0.6 is 0 Å². The zero-order valence-corrected chi connectivity index (χ0v) is 14.9. The minimum Gasteiger partial charge on any atom is -0.371 e. The molecule has 0 radical (unpaired) electrons. The summed E-state index contributed by atoms with van der Waals surface area (Å²) in [4.78, 5) is 17.0. The van der Waals surface area contributed by atoms with Crippen LogP contribution in [0.5, 0.6) is 0 Å². The summed E-state index contributed by atoms with van der Waals surface area (Å²) in [5, 5.41) is 7.13. The lowest BCUT2D eigenvalue weighted by atomic mass is 10.2. The minimum absolute atomic E-state index is 0.224. The van der Waals surface area contributed by atoms with E-state index in [-0.39, 0.29) is 17.4 Å². The molecular weight excluding hydrogens is 345 g/mol. The molecule has 0 spiro atoms. The Morgan fingerprint density at radius 1 is 1.11 bits per heavy atom. The molecule has 0 aliphatic heterocycles. The molecule has 0 aliphatic carbocycles. The van der Waals surface area contributed by atoms with Crippen LogP contribution in [0.1, 0.15) is 18.8 Å². The van der Waals surface area contributed by atoms with Gasteiger partial charge in [0.25, 0.3) is 5.56 Å². The van der Waals surface area contributed by atoms with Crippen LogP contribution in [0.3, 0.4) is 0 Å². The van der Waals surface area contributed by atoms with Gasteiger partial charge in [-0.25, -0.2) is 14.1 Å². The van der Waals surface area contributed by atoms with Gasteiger partial charge in [-0.1, -0.05) is 18.2 Å². The number of anilines is 1. The third-order valence-electron chi connectivity index (χ3n) is 4.42. The minimum atomic E-state index is -0.324. The Balaban J connectivity index is 1.85. The maximum absolute atomic E-state index is 13.9. The summed E-state index contributed by atoms with van der Waals surface area (Å²) in [5.41, 5.74) is 2.44. The molecule has 4 rings (SSSR count). The van der Waals surface area contributed by atoms with Crippen LogP contribution in [0.4, 0.5) is 10.1 Å². The average molecular weight is 363 g/mol. The normalized spacial score (nSPS) is 12.3. The van der Waals surface area contributed by atoms with Crippen molar-refractivity contribution in [3.63, 3.8) is 0 Å². The molecule has 2 heterocycles. The van der Waals surface area contributed by atoms with Crippen molar-refractivity contribution in [3.05, 3.63) is 82.8 Å². The van der Waals surface area contributed by atoms with E-state index in [4.69, 9.17) is 0 Å². The van der Waals surface area contributed by atoms with Gasteiger partial charge >= 0.3 is 0 Å². The van der Waals surface area contributed by atoms with Gasteiger partial charge in [0, 0.05) is 25.0 Å². The van der Waals surface area contributed by atoms with Crippen LogP contribution in [-0.2, 0) is 7.05 Å². The smallest absolute Gasteiger partial charge is 0.289 e. The second kappa shape index (κ2) is 6.68. The molecule has 0 saturated carbocycles. The molecule has 6 nitrogen and oxygen atoms in total. The number of para-hydroxylation sites is 1. The number of halogens is 1. The zero-order valence-electron chi connectivity index (χ0n) is 14.9. The lowest BCUT2D eigenvalue weighted by Crippen LogP contribution is -2.24. The lowest BCUT2D eigenvalue weighted by Gasteiger charge is -2.17. The molecule has 2 aromatic heterocycles. The molecule has 2 aromatic carbocycles. The van der Waals surface area contributed by atoms with E-state index in [0.29, 0.717) is 22.5 Å². The van der Waals surface area contributed by atoms with Crippen molar-refractivity contribution in [3.8, 4) is 5.69 Å². The largest absolute Gasteiger partial charge is 0.371 e. The lowest BCUT2D eigenvalue weighted by molar-refractivity contribution is 0.629. The van der Waals surface area contributed by atoms with E-state index in [1.807, 2.05) is 41.8 Å². The first-order valence-corrected chi connectivity index (χ1v) is 8.57. The number of hydrogen-bond donors (Lipinski definition) is 1. The molecule has 7 heteroatoms. The number of fused-ring (bicyclic) bond motifs is 1. The molecular formula is C20H18FN5O. The molecule has 0 aliphatic rings. The molecule has 0 fully saturated rings. The first-order valence-electron chi connectivity index (χ1n) is 8.57. The fourth-order valence-corrected chi connectivity index (χ4v) is 3.12. The number of hydrogen-bond acceptors (Lipinski definition) is 4. The number of benzene rings is 2. The van der Waals surface area contributed by atoms with Crippen molar-refractivity contribution in [2.24, 2.45) is 7.05 Å². The van der Waals surface area contributed by atoms with Crippen molar-refractivity contribution in [2.75, 3.05) is 5.32 Å². The Morgan fingerprint density at radius 2 is 1.89 bits per heavy atom. The molecule has 4 aromatic rings. The van der Waals surface area contributed by atoms with Gasteiger partial charge in [0.15, 0.2) is 0 Å². The van der Waals surface area contributed by atoms with Crippen LogP contribution in [0.25, 0.3) is 16.7 Å². The predicted octanol–water partition coefficient (Wildman–Crippen LogP) is 3.43. The third kappa shape index (κ3) is 3.08. The van der Waals surface area contributed by atoms with E-state index in [2.05, 4.69) is 15.4 Å². The van der Waals surface area contributed by atoms with E-state index in [9.17, 15) is 9.18 Å². The maximum Gasteiger partial charge on any atom is 0.289 e. The van der Waals surface area contributed by atoms with Crippen molar-refractivity contribution in [1.82, 2.24) is 19.3 Å². The van der Waals surface area contributed by atoms with E-state index < -0.39 is 0 Å². The summed E-state index contributed by atoms with van der Waals surface area (Å²) in [7, 11) is 1.60. The van der Waals surface area contributed by atoms with Gasteiger partial charge in [-0.15, -0.1) is 0 Å². The number of nitrogens with zero attached hydrogens (tertiary/aromatic N) is 4. The van der Waals surface area contributed by atoms with Gasteiger partial charge < -0.3 is 5.32 Å². The number of nitrogens with one attached hydrogen (secondary N) is 1. The standard InChI is InChI=1S/C20H18FN5O/c1-13(23-17-10-11-22-25(2)20(17)27)19-24-16-9-8-14(21)12-18(16)26(19)15-6-4-3-5-7-15/h3-13,23H,1-2H3/t13-/m0/s1. The highest BCUT2D eigenvalue weighted by Gasteiger charge is 2.19. The van der Waals surface area contributed by atoms with Gasteiger partial charge in [0.1, 0.15) is 17.3 Å². The van der Waals surface area contributed by atoms with Crippen LogP contribution < -0.4 is 10.9 Å². The highest BCUT2D eigenvalue weighted by Crippen LogP contribution is 2.27. The summed E-state index contributed by atoms with van der Waals surface area (Å²) in [6.07, 6.45) is 1.56. The third-order valence-corrected chi connectivity index (χ3v) is 4.42. The van der Waals surface area contributed by atoms with E-state index in [1.54, 1.807) is 25.4 Å². The van der Waals surface area contributed by atoms with Gasteiger partial charge in [-0.05, 0) is 37.3 Å². The molecule has 0 saturated heterocycles. The number of aromatic nitrogens is 4. The van der Waals surface area contributed by atoms with Crippen molar-refractivity contribution >= 4 is 16.7 Å². The molecule has 136 valence electrons. The Labute approximate surface area is 154 Å². The first-order chi connectivity index (χ1) is 13.0. The summed E-state index contributed by atoms with van der Waals surface area (Å²) >= 11 is 0. The van der Waals surface area contributed by atoms with Gasteiger partial charge in [0.2, 0.25) is 0 Å². The number of aryl methyl sites for hydroxylation is 1. The monoisotopic (exact) mass is 363 g/mol. The number of rotatable bonds is 4. The average Bonchev–Trinajstić information content (AvgIpc) is 3.05. The van der Waals surface area contributed by atoms with E-state index >= 15 is 0 Å². The maximum atomic E-state index is 13.9. The molecule has 1 atom stereocenters. The zero-order chi connectivity index (χ0) is 19.0. The Hall–Kier alpha value is -3.48. The first kappa shape index (κ1) is 17.0. The topological polar surface area (TPSA) is 64.7 Å².